The van der Waals surface area contributed by atoms with Gasteiger partial charge in [-0.1, -0.05) is 31.8 Å². The fourth-order valence-electron chi connectivity index (χ4n) is 2.14. The maximum absolute atomic E-state index is 11.4. The largest absolute Gasteiger partial charge is 0.295 e. The highest BCUT2D eigenvalue weighted by Gasteiger charge is 2.18. The molecule has 1 heteroatoms. The maximum Gasteiger partial charge on any atom is 0.158 e. The summed E-state index contributed by atoms with van der Waals surface area (Å²) in [6.45, 7) is 4.37. The molecule has 0 aromatic rings. The van der Waals surface area contributed by atoms with Crippen molar-refractivity contribution in [1.29, 1.82) is 0 Å². The van der Waals surface area contributed by atoms with Crippen molar-refractivity contribution >= 4 is 5.78 Å². The summed E-state index contributed by atoms with van der Waals surface area (Å²) >= 11 is 0. The number of allylic oxidation sites excluding steroid dienone is 2. The molecule has 0 amide bonds. The van der Waals surface area contributed by atoms with Crippen LogP contribution in [0.2, 0.25) is 0 Å². The van der Waals surface area contributed by atoms with Gasteiger partial charge in [0.2, 0.25) is 0 Å². The highest BCUT2D eigenvalue weighted by molar-refractivity contribution is 5.97. The molecule has 0 saturated heterocycles. The summed E-state index contributed by atoms with van der Waals surface area (Å²) in [5, 5.41) is 0. The van der Waals surface area contributed by atoms with Crippen LogP contribution in [-0.2, 0) is 4.79 Å². The molecular formula is C13H22O. The Balaban J connectivity index is 2.32. The SMILES string of the molecule is CCCCCC/C(C)=C1\CCCC1=O. The fourth-order valence-corrected chi connectivity index (χ4v) is 2.14. The first-order valence-corrected chi connectivity index (χ1v) is 5.97. The van der Waals surface area contributed by atoms with Crippen molar-refractivity contribution in [1.82, 2.24) is 0 Å². The zero-order chi connectivity index (χ0) is 10.4. The van der Waals surface area contributed by atoms with Gasteiger partial charge in [0.1, 0.15) is 0 Å². The normalized spacial score (nSPS) is 20.3. The van der Waals surface area contributed by atoms with Crippen molar-refractivity contribution in [2.75, 3.05) is 0 Å². The van der Waals surface area contributed by atoms with E-state index in [9.17, 15) is 4.79 Å². The molecule has 0 spiro atoms. The van der Waals surface area contributed by atoms with Crippen molar-refractivity contribution in [3.8, 4) is 0 Å². The van der Waals surface area contributed by atoms with Crippen LogP contribution in [0.5, 0.6) is 0 Å². The van der Waals surface area contributed by atoms with Gasteiger partial charge in [0.05, 0.1) is 0 Å². The Morgan fingerprint density at radius 3 is 2.57 bits per heavy atom. The van der Waals surface area contributed by atoms with E-state index in [0.29, 0.717) is 5.78 Å². The third-order valence-corrected chi connectivity index (χ3v) is 3.09. The highest BCUT2D eigenvalue weighted by atomic mass is 16.1. The van der Waals surface area contributed by atoms with E-state index in [2.05, 4.69) is 13.8 Å². The number of Topliss-reactive ketones (excluding diaryl/α,β-unsaturated/α-hetero) is 1. The summed E-state index contributed by atoms with van der Waals surface area (Å²) in [5.74, 6) is 0.415. The van der Waals surface area contributed by atoms with E-state index in [0.717, 1.165) is 31.3 Å². The molecule has 1 aliphatic rings. The van der Waals surface area contributed by atoms with Crippen LogP contribution in [0.3, 0.4) is 0 Å². The molecule has 0 aliphatic heterocycles. The number of hydrogen-bond acceptors (Lipinski definition) is 1. The van der Waals surface area contributed by atoms with E-state index < -0.39 is 0 Å². The summed E-state index contributed by atoms with van der Waals surface area (Å²) in [4.78, 5) is 11.4. The van der Waals surface area contributed by atoms with Crippen molar-refractivity contribution < 1.29 is 4.79 Å². The Labute approximate surface area is 87.6 Å². The van der Waals surface area contributed by atoms with E-state index in [1.807, 2.05) is 0 Å². The minimum absolute atomic E-state index is 0.415. The average molecular weight is 194 g/mol. The summed E-state index contributed by atoms with van der Waals surface area (Å²) in [5.41, 5.74) is 2.52. The van der Waals surface area contributed by atoms with Gasteiger partial charge in [0.25, 0.3) is 0 Å². The molecule has 1 fully saturated rings. The van der Waals surface area contributed by atoms with Gasteiger partial charge in [-0.25, -0.2) is 0 Å². The molecule has 80 valence electrons. The van der Waals surface area contributed by atoms with Crippen molar-refractivity contribution in [2.45, 2.75) is 65.2 Å². The fraction of sp³-hybridized carbons (Fsp3) is 0.769. The van der Waals surface area contributed by atoms with Crippen LogP contribution >= 0.6 is 0 Å². The number of ketones is 1. The minimum Gasteiger partial charge on any atom is -0.295 e. The summed E-state index contributed by atoms with van der Waals surface area (Å²) in [6.07, 6.45) is 9.25. The van der Waals surface area contributed by atoms with Crippen molar-refractivity contribution in [3.05, 3.63) is 11.1 Å². The van der Waals surface area contributed by atoms with E-state index in [-0.39, 0.29) is 0 Å². The Morgan fingerprint density at radius 2 is 2.00 bits per heavy atom. The third kappa shape index (κ3) is 3.28. The molecule has 0 unspecified atom stereocenters. The van der Waals surface area contributed by atoms with Crippen LogP contribution in [0.15, 0.2) is 11.1 Å². The van der Waals surface area contributed by atoms with Gasteiger partial charge in [-0.3, -0.25) is 4.79 Å². The van der Waals surface area contributed by atoms with Crippen molar-refractivity contribution in [2.24, 2.45) is 0 Å². The first-order chi connectivity index (χ1) is 6.75. The standard InChI is InChI=1S/C13H22O/c1-3-4-5-6-8-11(2)12-9-7-10-13(12)14/h3-10H2,1-2H3/b12-11+. The van der Waals surface area contributed by atoms with E-state index >= 15 is 0 Å². The van der Waals surface area contributed by atoms with Gasteiger partial charge >= 0.3 is 0 Å². The van der Waals surface area contributed by atoms with Crippen molar-refractivity contribution in [3.63, 3.8) is 0 Å². The summed E-state index contributed by atoms with van der Waals surface area (Å²) < 4.78 is 0. The van der Waals surface area contributed by atoms with Crippen LogP contribution in [0.25, 0.3) is 0 Å². The predicted molar refractivity (Wildman–Crippen MR) is 60.3 cm³/mol. The number of rotatable bonds is 5. The lowest BCUT2D eigenvalue weighted by molar-refractivity contribution is -0.114. The monoisotopic (exact) mass is 194 g/mol. The van der Waals surface area contributed by atoms with Crippen LogP contribution in [-0.4, -0.2) is 5.78 Å². The van der Waals surface area contributed by atoms with Gasteiger partial charge in [-0.2, -0.15) is 0 Å². The lowest BCUT2D eigenvalue weighted by Gasteiger charge is -2.04. The smallest absolute Gasteiger partial charge is 0.158 e. The zero-order valence-corrected chi connectivity index (χ0v) is 9.57. The Kier molecular flexibility index (Phi) is 4.92. The number of unbranched alkanes of at least 4 members (excludes halogenated alkanes) is 3. The Hall–Kier alpha value is -0.590. The predicted octanol–water partition coefficient (Wildman–Crippen LogP) is 4.03. The van der Waals surface area contributed by atoms with Gasteiger partial charge in [-0.15, -0.1) is 0 Å². The first-order valence-electron chi connectivity index (χ1n) is 5.97. The quantitative estimate of drug-likeness (QED) is 0.477. The molecule has 0 aromatic carbocycles. The van der Waals surface area contributed by atoms with Gasteiger partial charge < -0.3 is 0 Å². The molecular weight excluding hydrogens is 172 g/mol. The molecule has 1 aliphatic carbocycles. The molecule has 1 saturated carbocycles. The number of hydrogen-bond donors (Lipinski definition) is 0. The van der Waals surface area contributed by atoms with Crippen LogP contribution < -0.4 is 0 Å². The molecule has 0 bridgehead atoms. The second-order valence-corrected chi connectivity index (χ2v) is 4.35. The molecule has 1 rings (SSSR count). The molecule has 1 nitrogen and oxygen atoms in total. The second-order valence-electron chi connectivity index (χ2n) is 4.35. The maximum atomic E-state index is 11.4. The number of carbonyl (C=O) groups is 1. The summed E-state index contributed by atoms with van der Waals surface area (Å²) in [6, 6.07) is 0. The molecule has 0 aromatic heterocycles. The average Bonchev–Trinajstić information content (AvgIpc) is 2.59. The Morgan fingerprint density at radius 1 is 1.21 bits per heavy atom. The van der Waals surface area contributed by atoms with Crippen LogP contribution in [0, 0.1) is 0 Å². The van der Waals surface area contributed by atoms with Gasteiger partial charge in [-0.05, 0) is 38.2 Å². The molecule has 0 heterocycles. The van der Waals surface area contributed by atoms with Crippen LogP contribution in [0.4, 0.5) is 0 Å². The Bertz CT molecular complexity index is 225. The van der Waals surface area contributed by atoms with E-state index in [4.69, 9.17) is 0 Å². The topological polar surface area (TPSA) is 17.1 Å². The zero-order valence-electron chi connectivity index (χ0n) is 9.57. The number of carbonyl (C=O) groups excluding carboxylic acids is 1. The lowest BCUT2D eigenvalue weighted by atomic mass is 10.0. The van der Waals surface area contributed by atoms with Gasteiger partial charge in [0, 0.05) is 6.42 Å². The lowest BCUT2D eigenvalue weighted by Crippen LogP contribution is -1.95. The highest BCUT2D eigenvalue weighted by Crippen LogP contribution is 2.26. The van der Waals surface area contributed by atoms with E-state index in [1.54, 1.807) is 0 Å². The molecule has 0 N–H and O–H groups in total. The second kappa shape index (κ2) is 6.00. The minimum atomic E-state index is 0.415. The first kappa shape index (κ1) is 11.5. The third-order valence-electron chi connectivity index (χ3n) is 3.09. The molecule has 0 radical (unpaired) electrons. The van der Waals surface area contributed by atoms with E-state index in [1.165, 1.54) is 31.3 Å². The van der Waals surface area contributed by atoms with Crippen LogP contribution in [0.1, 0.15) is 65.2 Å². The summed E-state index contributed by atoms with van der Waals surface area (Å²) in [7, 11) is 0. The van der Waals surface area contributed by atoms with Gasteiger partial charge in [0.15, 0.2) is 5.78 Å². The molecule has 0 atom stereocenters. The molecule has 14 heavy (non-hydrogen) atoms.